The van der Waals surface area contributed by atoms with Gasteiger partial charge in [-0.1, -0.05) is 24.3 Å². The van der Waals surface area contributed by atoms with E-state index in [1.54, 1.807) is 48.5 Å². The van der Waals surface area contributed by atoms with E-state index in [9.17, 15) is 19.2 Å². The summed E-state index contributed by atoms with van der Waals surface area (Å²) >= 11 is 0. The molecule has 2 aromatic carbocycles. The lowest BCUT2D eigenvalue weighted by Gasteiger charge is -2.15. The van der Waals surface area contributed by atoms with Crippen molar-refractivity contribution in [3.8, 4) is 5.75 Å². The maximum atomic E-state index is 12.3. The SMILES string of the molecule is COC(=O)C(NC=O)c1ccc(OCCCN2C(=O)c3ccccc3C2=O)cc1. The molecular formula is C21H20N2O6. The molecule has 29 heavy (non-hydrogen) atoms. The highest BCUT2D eigenvalue weighted by atomic mass is 16.5. The molecule has 0 fully saturated rings. The van der Waals surface area contributed by atoms with Crippen molar-refractivity contribution in [1.82, 2.24) is 10.2 Å². The third-order valence-corrected chi connectivity index (χ3v) is 4.56. The summed E-state index contributed by atoms with van der Waals surface area (Å²) < 4.78 is 10.3. The molecule has 0 spiro atoms. The predicted molar refractivity (Wildman–Crippen MR) is 102 cm³/mol. The lowest BCUT2D eigenvalue weighted by atomic mass is 10.1. The number of carbonyl (C=O) groups excluding carboxylic acids is 4. The maximum absolute atomic E-state index is 12.3. The Morgan fingerprint density at radius 3 is 2.24 bits per heavy atom. The summed E-state index contributed by atoms with van der Waals surface area (Å²) in [6.07, 6.45) is 0.913. The zero-order chi connectivity index (χ0) is 20.8. The molecule has 1 aliphatic heterocycles. The molecule has 0 saturated carbocycles. The number of fused-ring (bicyclic) bond motifs is 1. The molecule has 0 aromatic heterocycles. The fraction of sp³-hybridized carbons (Fsp3) is 0.238. The van der Waals surface area contributed by atoms with Crippen LogP contribution in [-0.2, 0) is 14.3 Å². The average Bonchev–Trinajstić information content (AvgIpc) is 3.00. The van der Waals surface area contributed by atoms with Crippen LogP contribution in [0.3, 0.4) is 0 Å². The van der Waals surface area contributed by atoms with Crippen LogP contribution in [0, 0.1) is 0 Å². The van der Waals surface area contributed by atoms with Gasteiger partial charge in [0.1, 0.15) is 5.75 Å². The van der Waals surface area contributed by atoms with Gasteiger partial charge >= 0.3 is 5.97 Å². The molecule has 1 atom stereocenters. The van der Waals surface area contributed by atoms with Gasteiger partial charge in [0, 0.05) is 6.54 Å². The van der Waals surface area contributed by atoms with E-state index >= 15 is 0 Å². The summed E-state index contributed by atoms with van der Waals surface area (Å²) in [4.78, 5) is 48.2. The summed E-state index contributed by atoms with van der Waals surface area (Å²) in [6, 6.07) is 12.5. The van der Waals surface area contributed by atoms with Gasteiger partial charge in [-0.15, -0.1) is 0 Å². The van der Waals surface area contributed by atoms with Crippen LogP contribution in [0.1, 0.15) is 38.7 Å². The van der Waals surface area contributed by atoms with E-state index in [0.29, 0.717) is 41.9 Å². The minimum atomic E-state index is -0.889. The van der Waals surface area contributed by atoms with Crippen LogP contribution in [0.25, 0.3) is 0 Å². The zero-order valence-corrected chi connectivity index (χ0v) is 15.8. The normalized spacial score (nSPS) is 13.6. The van der Waals surface area contributed by atoms with Crippen molar-refractivity contribution >= 4 is 24.2 Å². The van der Waals surface area contributed by atoms with E-state index in [0.717, 1.165) is 0 Å². The van der Waals surface area contributed by atoms with Gasteiger partial charge in [0.25, 0.3) is 11.8 Å². The van der Waals surface area contributed by atoms with E-state index in [1.807, 2.05) is 0 Å². The van der Waals surface area contributed by atoms with Crippen LogP contribution in [0.4, 0.5) is 0 Å². The Labute approximate surface area is 167 Å². The number of imide groups is 1. The van der Waals surface area contributed by atoms with Gasteiger partial charge in [0.05, 0.1) is 24.8 Å². The third-order valence-electron chi connectivity index (χ3n) is 4.56. The summed E-state index contributed by atoms with van der Waals surface area (Å²) in [5, 5.41) is 2.40. The first-order valence-corrected chi connectivity index (χ1v) is 9.02. The van der Waals surface area contributed by atoms with Crippen LogP contribution in [0.5, 0.6) is 5.75 Å². The molecule has 1 heterocycles. The van der Waals surface area contributed by atoms with Crippen molar-refractivity contribution in [2.45, 2.75) is 12.5 Å². The molecule has 1 N–H and O–H groups in total. The second kappa shape index (κ2) is 9.01. The third kappa shape index (κ3) is 4.26. The van der Waals surface area contributed by atoms with Crippen molar-refractivity contribution in [2.24, 2.45) is 0 Å². The summed E-state index contributed by atoms with van der Waals surface area (Å²) in [7, 11) is 1.24. The van der Waals surface area contributed by atoms with E-state index in [1.165, 1.54) is 12.0 Å². The molecule has 3 amide bonds. The van der Waals surface area contributed by atoms with Crippen LogP contribution >= 0.6 is 0 Å². The number of amides is 3. The lowest BCUT2D eigenvalue weighted by Crippen LogP contribution is -2.31. The Balaban J connectivity index is 1.51. The molecule has 8 nitrogen and oxygen atoms in total. The van der Waals surface area contributed by atoms with Gasteiger partial charge in [-0.3, -0.25) is 19.3 Å². The summed E-state index contributed by atoms with van der Waals surface area (Å²) in [6.45, 7) is 0.567. The number of ether oxygens (including phenoxy) is 2. The highest BCUT2D eigenvalue weighted by molar-refractivity contribution is 6.21. The Morgan fingerprint density at radius 1 is 1.07 bits per heavy atom. The predicted octanol–water partition coefficient (Wildman–Crippen LogP) is 1.71. The zero-order valence-electron chi connectivity index (χ0n) is 15.8. The number of carbonyl (C=O) groups is 4. The summed E-state index contributed by atoms with van der Waals surface area (Å²) in [5.74, 6) is -0.587. The largest absolute Gasteiger partial charge is 0.494 e. The molecule has 2 aromatic rings. The molecular weight excluding hydrogens is 376 g/mol. The smallest absolute Gasteiger partial charge is 0.333 e. The van der Waals surface area contributed by atoms with Crippen LogP contribution in [-0.4, -0.2) is 49.4 Å². The van der Waals surface area contributed by atoms with Crippen molar-refractivity contribution in [3.63, 3.8) is 0 Å². The first-order chi connectivity index (χ1) is 14.1. The number of rotatable bonds is 9. The van der Waals surface area contributed by atoms with E-state index < -0.39 is 12.0 Å². The molecule has 0 radical (unpaired) electrons. The molecule has 8 heteroatoms. The van der Waals surface area contributed by atoms with Crippen molar-refractivity contribution in [3.05, 3.63) is 65.2 Å². The Morgan fingerprint density at radius 2 is 1.69 bits per heavy atom. The molecule has 0 saturated heterocycles. The van der Waals surface area contributed by atoms with E-state index in [2.05, 4.69) is 10.1 Å². The fourth-order valence-electron chi connectivity index (χ4n) is 3.10. The number of hydrogen-bond donors (Lipinski definition) is 1. The van der Waals surface area contributed by atoms with Crippen molar-refractivity contribution in [2.75, 3.05) is 20.3 Å². The Bertz CT molecular complexity index is 890. The molecule has 1 unspecified atom stereocenters. The Hall–Kier alpha value is -3.68. The minimum absolute atomic E-state index is 0.262. The quantitative estimate of drug-likeness (QED) is 0.300. The number of nitrogens with one attached hydrogen (secondary N) is 1. The van der Waals surface area contributed by atoms with Gasteiger partial charge in [0.15, 0.2) is 6.04 Å². The van der Waals surface area contributed by atoms with Crippen molar-refractivity contribution < 1.29 is 28.7 Å². The molecule has 3 rings (SSSR count). The maximum Gasteiger partial charge on any atom is 0.333 e. The number of esters is 1. The van der Waals surface area contributed by atoms with Gasteiger partial charge in [-0.05, 0) is 36.2 Å². The lowest BCUT2D eigenvalue weighted by molar-refractivity contribution is -0.144. The van der Waals surface area contributed by atoms with Gasteiger partial charge in [0.2, 0.25) is 6.41 Å². The number of hydrogen-bond acceptors (Lipinski definition) is 6. The second-order valence-corrected chi connectivity index (χ2v) is 6.32. The molecule has 150 valence electrons. The monoisotopic (exact) mass is 396 g/mol. The van der Waals surface area contributed by atoms with Crippen LogP contribution in [0.2, 0.25) is 0 Å². The standard InChI is InChI=1S/C21H20N2O6/c1-28-21(27)18(22-13-24)14-7-9-15(10-8-14)29-12-4-11-23-19(25)16-5-2-3-6-17(16)20(23)26/h2-3,5-10,13,18H,4,11-12H2,1H3,(H,22,24). The minimum Gasteiger partial charge on any atom is -0.494 e. The first-order valence-electron chi connectivity index (χ1n) is 9.02. The summed E-state index contributed by atoms with van der Waals surface area (Å²) in [5.41, 5.74) is 1.42. The number of nitrogens with zero attached hydrogens (tertiary/aromatic N) is 1. The Kier molecular flexibility index (Phi) is 6.23. The highest BCUT2D eigenvalue weighted by Gasteiger charge is 2.34. The van der Waals surface area contributed by atoms with E-state index in [4.69, 9.17) is 4.74 Å². The van der Waals surface area contributed by atoms with E-state index in [-0.39, 0.29) is 18.4 Å². The van der Waals surface area contributed by atoms with Gasteiger partial charge in [-0.2, -0.15) is 0 Å². The second-order valence-electron chi connectivity index (χ2n) is 6.32. The molecule has 0 aliphatic carbocycles. The average molecular weight is 396 g/mol. The van der Waals surface area contributed by atoms with Crippen molar-refractivity contribution in [1.29, 1.82) is 0 Å². The molecule has 1 aliphatic rings. The first kappa shape index (κ1) is 20.1. The van der Waals surface area contributed by atoms with Gasteiger partial charge < -0.3 is 14.8 Å². The number of methoxy groups -OCH3 is 1. The number of benzene rings is 2. The topological polar surface area (TPSA) is 102 Å². The van der Waals surface area contributed by atoms with Gasteiger partial charge in [-0.25, -0.2) is 4.79 Å². The fourth-order valence-corrected chi connectivity index (χ4v) is 3.10. The van der Waals surface area contributed by atoms with Crippen LogP contribution in [0.15, 0.2) is 48.5 Å². The van der Waals surface area contributed by atoms with Crippen LogP contribution < -0.4 is 10.1 Å². The highest BCUT2D eigenvalue weighted by Crippen LogP contribution is 2.23. The molecule has 0 bridgehead atoms.